The lowest BCUT2D eigenvalue weighted by atomic mass is 10.2. The normalized spacial score (nSPS) is 11.3. The largest absolute Gasteiger partial charge is 0.360 e. The number of aryl methyl sites for hydroxylation is 1. The zero-order chi connectivity index (χ0) is 20.1. The molecule has 1 aromatic carbocycles. The number of hydrogen-bond acceptors (Lipinski definition) is 6. The van der Waals surface area contributed by atoms with Crippen molar-refractivity contribution in [3.63, 3.8) is 0 Å². The Morgan fingerprint density at radius 2 is 2.14 bits per heavy atom. The van der Waals surface area contributed by atoms with Gasteiger partial charge in [0.1, 0.15) is 11.6 Å². The minimum atomic E-state index is -0.202. The summed E-state index contributed by atoms with van der Waals surface area (Å²) in [4.78, 5) is 33.8. The molecule has 1 amide bonds. The molecule has 0 unspecified atom stereocenters. The van der Waals surface area contributed by atoms with Crippen LogP contribution in [0, 0.1) is 6.92 Å². The van der Waals surface area contributed by atoms with E-state index < -0.39 is 0 Å². The maximum atomic E-state index is 12.3. The van der Waals surface area contributed by atoms with Gasteiger partial charge in [-0.25, -0.2) is 4.98 Å². The summed E-state index contributed by atoms with van der Waals surface area (Å²) in [7, 11) is 0. The third kappa shape index (κ3) is 5.17. The van der Waals surface area contributed by atoms with Gasteiger partial charge in [-0.2, -0.15) is 0 Å². The number of fused-ring (bicyclic) bond motifs is 1. The molecule has 148 valence electrons. The van der Waals surface area contributed by atoms with Crippen LogP contribution in [0.25, 0.3) is 10.9 Å². The standard InChI is InChI=1S/C19H22ClN5O3/c1-3-7-25(8-6-18(26)22-16-9-12(2)28-24-16)11-17-21-15-10-13(20)4-5-14(15)19(27)23-17/h4-5,9-10H,3,6-8,11H2,1-2H3,(H,21,23,27)(H,22,24,26). The van der Waals surface area contributed by atoms with Crippen molar-refractivity contribution < 1.29 is 9.32 Å². The summed E-state index contributed by atoms with van der Waals surface area (Å²) in [5, 5.41) is 7.48. The molecular formula is C19H22ClN5O3. The number of nitrogens with zero attached hydrogens (tertiary/aromatic N) is 3. The van der Waals surface area contributed by atoms with Gasteiger partial charge in [-0.05, 0) is 38.1 Å². The molecule has 0 radical (unpaired) electrons. The summed E-state index contributed by atoms with van der Waals surface area (Å²) in [6.45, 7) is 5.54. The summed E-state index contributed by atoms with van der Waals surface area (Å²) in [5.74, 6) is 1.43. The average Bonchev–Trinajstić information content (AvgIpc) is 3.04. The van der Waals surface area contributed by atoms with Gasteiger partial charge < -0.3 is 14.8 Å². The lowest BCUT2D eigenvalue weighted by Gasteiger charge is -2.20. The molecule has 3 aromatic rings. The smallest absolute Gasteiger partial charge is 0.258 e. The van der Waals surface area contributed by atoms with E-state index in [9.17, 15) is 9.59 Å². The molecule has 0 aliphatic rings. The van der Waals surface area contributed by atoms with Gasteiger partial charge in [0.2, 0.25) is 5.91 Å². The quantitative estimate of drug-likeness (QED) is 0.598. The molecule has 8 nitrogen and oxygen atoms in total. The van der Waals surface area contributed by atoms with Gasteiger partial charge in [-0.3, -0.25) is 14.5 Å². The maximum absolute atomic E-state index is 12.3. The molecule has 2 aromatic heterocycles. The third-order valence-electron chi connectivity index (χ3n) is 4.18. The second kappa shape index (κ2) is 8.99. The van der Waals surface area contributed by atoms with E-state index in [1.165, 1.54) is 0 Å². The van der Waals surface area contributed by atoms with E-state index in [1.54, 1.807) is 31.2 Å². The first-order chi connectivity index (χ1) is 13.4. The number of nitrogens with one attached hydrogen (secondary N) is 2. The number of H-pyrrole nitrogens is 1. The first-order valence-electron chi connectivity index (χ1n) is 9.08. The zero-order valence-corrected chi connectivity index (χ0v) is 16.5. The van der Waals surface area contributed by atoms with Crippen molar-refractivity contribution in [1.82, 2.24) is 20.0 Å². The molecule has 0 spiro atoms. The van der Waals surface area contributed by atoms with Crippen LogP contribution in [0.5, 0.6) is 0 Å². The Hall–Kier alpha value is -2.71. The van der Waals surface area contributed by atoms with Crippen LogP contribution in [0.3, 0.4) is 0 Å². The molecular weight excluding hydrogens is 382 g/mol. The van der Waals surface area contributed by atoms with Crippen LogP contribution in [0.4, 0.5) is 5.82 Å². The molecule has 3 rings (SSSR count). The van der Waals surface area contributed by atoms with Gasteiger partial charge in [-0.1, -0.05) is 23.7 Å². The molecule has 2 heterocycles. The number of carbonyl (C=O) groups is 1. The Balaban J connectivity index is 1.66. The molecule has 0 saturated carbocycles. The van der Waals surface area contributed by atoms with Crippen molar-refractivity contribution in [2.45, 2.75) is 33.2 Å². The highest BCUT2D eigenvalue weighted by Gasteiger charge is 2.13. The lowest BCUT2D eigenvalue weighted by molar-refractivity contribution is -0.116. The molecule has 9 heteroatoms. The van der Waals surface area contributed by atoms with Crippen LogP contribution >= 0.6 is 11.6 Å². The van der Waals surface area contributed by atoms with Gasteiger partial charge in [-0.15, -0.1) is 0 Å². The van der Waals surface area contributed by atoms with Crippen LogP contribution < -0.4 is 10.9 Å². The van der Waals surface area contributed by atoms with Crippen molar-refractivity contribution in [2.75, 3.05) is 18.4 Å². The second-order valence-electron chi connectivity index (χ2n) is 6.57. The molecule has 2 N–H and O–H groups in total. The Labute approximate surface area is 166 Å². The van der Waals surface area contributed by atoms with E-state index >= 15 is 0 Å². The Bertz CT molecular complexity index is 1030. The molecule has 0 atom stereocenters. The van der Waals surface area contributed by atoms with E-state index in [0.717, 1.165) is 13.0 Å². The summed E-state index contributed by atoms with van der Waals surface area (Å²) >= 11 is 6.01. The van der Waals surface area contributed by atoms with E-state index in [-0.39, 0.29) is 17.9 Å². The summed E-state index contributed by atoms with van der Waals surface area (Å²) in [6.07, 6.45) is 1.20. The minimum Gasteiger partial charge on any atom is -0.360 e. The fourth-order valence-corrected chi connectivity index (χ4v) is 3.09. The van der Waals surface area contributed by atoms with Crippen LogP contribution in [-0.2, 0) is 11.3 Å². The number of anilines is 1. The zero-order valence-electron chi connectivity index (χ0n) is 15.8. The topological polar surface area (TPSA) is 104 Å². The molecule has 0 saturated heterocycles. The molecule has 0 bridgehead atoms. The van der Waals surface area contributed by atoms with E-state index in [2.05, 4.69) is 32.3 Å². The van der Waals surface area contributed by atoms with Gasteiger partial charge in [0.05, 0.1) is 17.4 Å². The van der Waals surface area contributed by atoms with Gasteiger partial charge in [0, 0.05) is 24.1 Å². The number of aromatic amines is 1. The summed E-state index contributed by atoms with van der Waals surface area (Å²) in [5.41, 5.74) is 0.356. The van der Waals surface area contributed by atoms with Crippen molar-refractivity contribution in [1.29, 1.82) is 0 Å². The number of aromatic nitrogens is 3. The number of benzene rings is 1. The van der Waals surface area contributed by atoms with E-state index in [0.29, 0.717) is 46.4 Å². The summed E-state index contributed by atoms with van der Waals surface area (Å²) in [6, 6.07) is 6.66. The van der Waals surface area contributed by atoms with Crippen LogP contribution in [0.2, 0.25) is 5.02 Å². The Kier molecular flexibility index (Phi) is 6.43. The highest BCUT2D eigenvalue weighted by atomic mass is 35.5. The highest BCUT2D eigenvalue weighted by molar-refractivity contribution is 6.31. The number of hydrogen-bond donors (Lipinski definition) is 2. The maximum Gasteiger partial charge on any atom is 0.258 e. The lowest BCUT2D eigenvalue weighted by Crippen LogP contribution is -2.30. The van der Waals surface area contributed by atoms with Crippen molar-refractivity contribution in [2.24, 2.45) is 0 Å². The average molecular weight is 404 g/mol. The fourth-order valence-electron chi connectivity index (χ4n) is 2.92. The molecule has 0 aliphatic carbocycles. The van der Waals surface area contributed by atoms with Crippen LogP contribution in [-0.4, -0.2) is 39.0 Å². The summed E-state index contributed by atoms with van der Waals surface area (Å²) < 4.78 is 4.94. The van der Waals surface area contributed by atoms with E-state index in [1.807, 2.05) is 0 Å². The molecule has 0 aliphatic heterocycles. The number of amides is 1. The molecule has 28 heavy (non-hydrogen) atoms. The Morgan fingerprint density at radius 1 is 1.32 bits per heavy atom. The number of carbonyl (C=O) groups excluding carboxylic acids is 1. The predicted octanol–water partition coefficient (Wildman–Crippen LogP) is 3.11. The van der Waals surface area contributed by atoms with Crippen LogP contribution in [0.15, 0.2) is 33.6 Å². The van der Waals surface area contributed by atoms with Gasteiger partial charge in [0.15, 0.2) is 5.82 Å². The SMILES string of the molecule is CCCN(CCC(=O)Nc1cc(C)on1)Cc1nc2cc(Cl)ccc2c(=O)[nH]1. The monoisotopic (exact) mass is 403 g/mol. The Morgan fingerprint density at radius 3 is 2.86 bits per heavy atom. The first-order valence-corrected chi connectivity index (χ1v) is 9.46. The fraction of sp³-hybridized carbons (Fsp3) is 0.368. The second-order valence-corrected chi connectivity index (χ2v) is 7.01. The third-order valence-corrected chi connectivity index (χ3v) is 4.42. The van der Waals surface area contributed by atoms with Crippen molar-refractivity contribution >= 4 is 34.2 Å². The van der Waals surface area contributed by atoms with Gasteiger partial charge in [0.25, 0.3) is 5.56 Å². The minimum absolute atomic E-state index is 0.152. The number of halogens is 1. The van der Waals surface area contributed by atoms with Crippen molar-refractivity contribution in [3.05, 3.63) is 51.2 Å². The van der Waals surface area contributed by atoms with Crippen LogP contribution in [0.1, 0.15) is 31.4 Å². The molecule has 0 fully saturated rings. The van der Waals surface area contributed by atoms with E-state index in [4.69, 9.17) is 16.1 Å². The first kappa shape index (κ1) is 20.0. The van der Waals surface area contributed by atoms with Gasteiger partial charge >= 0.3 is 0 Å². The van der Waals surface area contributed by atoms with Crippen molar-refractivity contribution in [3.8, 4) is 0 Å². The predicted molar refractivity (Wildman–Crippen MR) is 107 cm³/mol. The highest BCUT2D eigenvalue weighted by Crippen LogP contribution is 2.15. The number of rotatable bonds is 8.